The van der Waals surface area contributed by atoms with Gasteiger partial charge in [0.25, 0.3) is 0 Å². The third-order valence-electron chi connectivity index (χ3n) is 3.79. The Balaban J connectivity index is 2.12. The Morgan fingerprint density at radius 3 is 2.24 bits per heavy atom. The molecule has 17 heavy (non-hydrogen) atoms. The lowest BCUT2D eigenvalue weighted by Crippen LogP contribution is -2.34. The van der Waals surface area contributed by atoms with E-state index in [1.807, 2.05) is 0 Å². The minimum absolute atomic E-state index is 0.552. The van der Waals surface area contributed by atoms with Crippen LogP contribution in [0.25, 0.3) is 0 Å². The van der Waals surface area contributed by atoms with E-state index in [9.17, 15) is 0 Å². The SMILES string of the molecule is CC(C)NC(c1ccccc1)C1CCCCC1. The first-order chi connectivity index (χ1) is 8.27. The molecule has 1 atom stereocenters. The zero-order valence-electron chi connectivity index (χ0n) is 11.2. The average molecular weight is 231 g/mol. The number of rotatable bonds is 4. The van der Waals surface area contributed by atoms with Crippen LogP contribution in [0.4, 0.5) is 0 Å². The molecule has 1 nitrogen and oxygen atoms in total. The lowest BCUT2D eigenvalue weighted by Gasteiger charge is -2.33. The highest BCUT2D eigenvalue weighted by Gasteiger charge is 2.24. The molecule has 1 aliphatic rings. The zero-order valence-corrected chi connectivity index (χ0v) is 11.2. The van der Waals surface area contributed by atoms with Crippen LogP contribution >= 0.6 is 0 Å². The lowest BCUT2D eigenvalue weighted by atomic mass is 9.81. The van der Waals surface area contributed by atoms with Gasteiger partial charge in [-0.3, -0.25) is 0 Å². The van der Waals surface area contributed by atoms with E-state index >= 15 is 0 Å². The van der Waals surface area contributed by atoms with Crippen molar-refractivity contribution in [1.82, 2.24) is 5.32 Å². The van der Waals surface area contributed by atoms with E-state index in [0.717, 1.165) is 5.92 Å². The van der Waals surface area contributed by atoms with Gasteiger partial charge in [-0.05, 0) is 24.3 Å². The second kappa shape index (κ2) is 6.20. The quantitative estimate of drug-likeness (QED) is 0.814. The maximum atomic E-state index is 3.77. The minimum Gasteiger partial charge on any atom is -0.307 e. The van der Waals surface area contributed by atoms with Gasteiger partial charge in [-0.15, -0.1) is 0 Å². The summed E-state index contributed by atoms with van der Waals surface area (Å²) in [6, 6.07) is 12.1. The third-order valence-corrected chi connectivity index (χ3v) is 3.79. The largest absolute Gasteiger partial charge is 0.307 e. The molecule has 0 spiro atoms. The molecule has 0 aliphatic heterocycles. The Labute approximate surface area is 106 Å². The fourth-order valence-electron chi connectivity index (χ4n) is 2.99. The molecule has 0 bridgehead atoms. The van der Waals surface area contributed by atoms with E-state index in [4.69, 9.17) is 0 Å². The Morgan fingerprint density at radius 2 is 1.65 bits per heavy atom. The van der Waals surface area contributed by atoms with Crippen LogP contribution in [0.2, 0.25) is 0 Å². The van der Waals surface area contributed by atoms with Crippen molar-refractivity contribution in [3.8, 4) is 0 Å². The topological polar surface area (TPSA) is 12.0 Å². The monoisotopic (exact) mass is 231 g/mol. The maximum absolute atomic E-state index is 3.77. The molecular formula is C16H25N. The smallest absolute Gasteiger partial charge is 0.0350 e. The van der Waals surface area contributed by atoms with Crippen LogP contribution in [0.1, 0.15) is 57.6 Å². The van der Waals surface area contributed by atoms with Gasteiger partial charge in [0.15, 0.2) is 0 Å². The number of hydrogen-bond donors (Lipinski definition) is 1. The molecule has 1 aliphatic carbocycles. The van der Waals surface area contributed by atoms with Crippen LogP contribution in [0.5, 0.6) is 0 Å². The molecule has 2 rings (SSSR count). The highest BCUT2D eigenvalue weighted by atomic mass is 14.9. The van der Waals surface area contributed by atoms with Gasteiger partial charge in [0, 0.05) is 12.1 Å². The van der Waals surface area contributed by atoms with Crippen LogP contribution in [-0.2, 0) is 0 Å². The van der Waals surface area contributed by atoms with Crippen LogP contribution in [0, 0.1) is 5.92 Å². The van der Waals surface area contributed by atoms with Gasteiger partial charge in [0.1, 0.15) is 0 Å². The Hall–Kier alpha value is -0.820. The molecule has 0 radical (unpaired) electrons. The van der Waals surface area contributed by atoms with Crippen molar-refractivity contribution in [3.05, 3.63) is 35.9 Å². The van der Waals surface area contributed by atoms with Crippen molar-refractivity contribution in [3.63, 3.8) is 0 Å². The predicted molar refractivity (Wildman–Crippen MR) is 74.0 cm³/mol. The normalized spacial score (nSPS) is 19.5. The van der Waals surface area contributed by atoms with Gasteiger partial charge in [-0.2, -0.15) is 0 Å². The van der Waals surface area contributed by atoms with Gasteiger partial charge in [0.05, 0.1) is 0 Å². The molecule has 1 heteroatoms. The fourth-order valence-corrected chi connectivity index (χ4v) is 2.99. The van der Waals surface area contributed by atoms with E-state index in [1.54, 1.807) is 0 Å². The molecule has 0 amide bonds. The zero-order chi connectivity index (χ0) is 12.1. The summed E-state index contributed by atoms with van der Waals surface area (Å²) in [4.78, 5) is 0. The van der Waals surface area contributed by atoms with Crippen molar-refractivity contribution in [2.45, 2.75) is 58.0 Å². The van der Waals surface area contributed by atoms with E-state index in [2.05, 4.69) is 49.5 Å². The highest BCUT2D eigenvalue weighted by molar-refractivity contribution is 5.20. The number of benzene rings is 1. The molecule has 1 saturated carbocycles. The molecule has 1 N–H and O–H groups in total. The van der Waals surface area contributed by atoms with E-state index < -0.39 is 0 Å². The first kappa shape index (κ1) is 12.6. The van der Waals surface area contributed by atoms with Crippen molar-refractivity contribution in [2.75, 3.05) is 0 Å². The summed E-state index contributed by atoms with van der Waals surface area (Å²) in [5.41, 5.74) is 1.47. The summed E-state index contributed by atoms with van der Waals surface area (Å²) in [5.74, 6) is 0.827. The standard InChI is InChI=1S/C16H25N/c1-13(2)17-16(14-9-5-3-6-10-14)15-11-7-4-8-12-15/h3,5-6,9-10,13,15-17H,4,7-8,11-12H2,1-2H3. The van der Waals surface area contributed by atoms with Crippen LogP contribution in [-0.4, -0.2) is 6.04 Å². The van der Waals surface area contributed by atoms with Crippen LogP contribution < -0.4 is 5.32 Å². The molecule has 1 aromatic rings. The second-order valence-corrected chi connectivity index (χ2v) is 5.61. The maximum Gasteiger partial charge on any atom is 0.0350 e. The number of nitrogens with one attached hydrogen (secondary N) is 1. The van der Waals surface area contributed by atoms with Gasteiger partial charge in [0.2, 0.25) is 0 Å². The Bertz CT molecular complexity index is 312. The fraction of sp³-hybridized carbons (Fsp3) is 0.625. The van der Waals surface area contributed by atoms with Crippen molar-refractivity contribution < 1.29 is 0 Å². The second-order valence-electron chi connectivity index (χ2n) is 5.61. The number of hydrogen-bond acceptors (Lipinski definition) is 1. The molecule has 0 aromatic heterocycles. The molecule has 94 valence electrons. The molecule has 1 aromatic carbocycles. The summed E-state index contributed by atoms with van der Waals surface area (Å²) in [5, 5.41) is 3.77. The van der Waals surface area contributed by atoms with E-state index in [1.165, 1.54) is 37.7 Å². The lowest BCUT2D eigenvalue weighted by molar-refractivity contribution is 0.260. The summed E-state index contributed by atoms with van der Waals surface area (Å²) >= 11 is 0. The van der Waals surface area contributed by atoms with E-state index in [0.29, 0.717) is 12.1 Å². The summed E-state index contributed by atoms with van der Waals surface area (Å²) in [6.45, 7) is 4.50. The van der Waals surface area contributed by atoms with Crippen molar-refractivity contribution in [1.29, 1.82) is 0 Å². The minimum atomic E-state index is 0.552. The molecule has 1 fully saturated rings. The van der Waals surface area contributed by atoms with E-state index in [-0.39, 0.29) is 0 Å². The highest BCUT2D eigenvalue weighted by Crippen LogP contribution is 2.34. The van der Waals surface area contributed by atoms with Gasteiger partial charge in [-0.25, -0.2) is 0 Å². The molecular weight excluding hydrogens is 206 g/mol. The van der Waals surface area contributed by atoms with Crippen molar-refractivity contribution >= 4 is 0 Å². The molecule has 1 unspecified atom stereocenters. The van der Waals surface area contributed by atoms with Crippen LogP contribution in [0.3, 0.4) is 0 Å². The third kappa shape index (κ3) is 3.57. The Morgan fingerprint density at radius 1 is 1.00 bits per heavy atom. The van der Waals surface area contributed by atoms with Gasteiger partial charge in [-0.1, -0.05) is 63.4 Å². The van der Waals surface area contributed by atoms with Crippen LogP contribution in [0.15, 0.2) is 30.3 Å². The summed E-state index contributed by atoms with van der Waals surface area (Å²) in [7, 11) is 0. The first-order valence-electron chi connectivity index (χ1n) is 7.08. The van der Waals surface area contributed by atoms with Crippen molar-refractivity contribution in [2.24, 2.45) is 5.92 Å². The summed E-state index contributed by atoms with van der Waals surface area (Å²) in [6.07, 6.45) is 7.03. The summed E-state index contributed by atoms with van der Waals surface area (Å²) < 4.78 is 0. The predicted octanol–water partition coefficient (Wildman–Crippen LogP) is 4.31. The Kier molecular flexibility index (Phi) is 4.61. The molecule has 0 heterocycles. The first-order valence-corrected chi connectivity index (χ1v) is 7.08. The molecule has 0 saturated heterocycles. The van der Waals surface area contributed by atoms with Gasteiger partial charge < -0.3 is 5.32 Å². The van der Waals surface area contributed by atoms with Gasteiger partial charge >= 0.3 is 0 Å². The average Bonchev–Trinajstić information content (AvgIpc) is 2.38.